The van der Waals surface area contributed by atoms with Crippen molar-refractivity contribution in [2.45, 2.75) is 37.5 Å². The molecule has 0 spiro atoms. The molecular weight excluding hydrogens is 526 g/mol. The zero-order valence-corrected chi connectivity index (χ0v) is 21.5. The molecule has 0 saturated carbocycles. The van der Waals surface area contributed by atoms with Gasteiger partial charge in [-0.15, -0.1) is 6.58 Å². The normalized spacial score (nSPS) is 20.3. The molecule has 3 aromatic rings. The van der Waals surface area contributed by atoms with E-state index in [1.165, 1.54) is 39.9 Å². The van der Waals surface area contributed by atoms with Crippen LogP contribution in [0.3, 0.4) is 0 Å². The Balaban J connectivity index is 1.64. The summed E-state index contributed by atoms with van der Waals surface area (Å²) in [5.41, 5.74) is 1.28. The molecule has 1 saturated heterocycles. The fourth-order valence-electron chi connectivity index (χ4n) is 3.83. The van der Waals surface area contributed by atoms with Crippen molar-refractivity contribution < 1.29 is 17.9 Å². The molecule has 174 valence electrons. The van der Waals surface area contributed by atoms with Crippen LogP contribution in [0.15, 0.2) is 69.5 Å². The van der Waals surface area contributed by atoms with Crippen molar-refractivity contribution in [2.24, 2.45) is 4.99 Å². The summed E-state index contributed by atoms with van der Waals surface area (Å²) < 4.78 is 37.0. The molecule has 0 aliphatic carbocycles. The largest absolute Gasteiger partial charge is 0.373 e. The third-order valence-corrected chi connectivity index (χ3v) is 8.66. The number of carbonyl (C=O) groups is 1. The van der Waals surface area contributed by atoms with E-state index in [4.69, 9.17) is 4.74 Å². The van der Waals surface area contributed by atoms with Crippen molar-refractivity contribution in [1.82, 2.24) is 8.87 Å². The summed E-state index contributed by atoms with van der Waals surface area (Å²) in [5.74, 6) is -0.434. The Labute approximate surface area is 205 Å². The van der Waals surface area contributed by atoms with Gasteiger partial charge in [0.25, 0.3) is 5.91 Å². The van der Waals surface area contributed by atoms with E-state index in [2.05, 4.69) is 27.5 Å². The van der Waals surface area contributed by atoms with Gasteiger partial charge in [0.1, 0.15) is 0 Å². The molecule has 0 radical (unpaired) electrons. The average molecular weight is 551 g/mol. The van der Waals surface area contributed by atoms with Crippen LogP contribution in [-0.4, -0.2) is 48.5 Å². The van der Waals surface area contributed by atoms with Crippen LogP contribution >= 0.6 is 27.3 Å². The molecule has 1 fully saturated rings. The molecule has 1 amide bonds. The number of ether oxygens (including phenoxy) is 1. The Morgan fingerprint density at radius 3 is 2.52 bits per heavy atom. The maximum atomic E-state index is 13.0. The lowest BCUT2D eigenvalue weighted by Gasteiger charge is -2.34. The van der Waals surface area contributed by atoms with Crippen molar-refractivity contribution in [2.75, 3.05) is 13.1 Å². The highest BCUT2D eigenvalue weighted by Crippen LogP contribution is 2.23. The van der Waals surface area contributed by atoms with Crippen LogP contribution < -0.4 is 4.80 Å². The Bertz CT molecular complexity index is 1370. The first-order valence-electron chi connectivity index (χ1n) is 10.4. The first-order chi connectivity index (χ1) is 15.7. The summed E-state index contributed by atoms with van der Waals surface area (Å²) in [6.07, 6.45) is 1.41. The van der Waals surface area contributed by atoms with Gasteiger partial charge in [-0.3, -0.25) is 4.79 Å². The number of carbonyl (C=O) groups excluding carboxylic acids is 1. The van der Waals surface area contributed by atoms with Gasteiger partial charge in [0, 0.05) is 29.7 Å². The standard InChI is InChI=1S/C23H24BrN3O4S2/c1-4-11-27-20-10-7-18(24)12-21(20)32-23(27)25-22(28)17-5-8-19(9-6-17)33(29,30)26-13-15(2)31-16(3)14-26/h4-10,12,15-16H,1,11,13-14H2,2-3H3. The minimum atomic E-state index is -3.67. The summed E-state index contributed by atoms with van der Waals surface area (Å²) >= 11 is 4.88. The van der Waals surface area contributed by atoms with Gasteiger partial charge in [-0.05, 0) is 56.3 Å². The lowest BCUT2D eigenvalue weighted by molar-refractivity contribution is -0.0440. The van der Waals surface area contributed by atoms with E-state index in [1.54, 1.807) is 6.08 Å². The Morgan fingerprint density at radius 1 is 1.21 bits per heavy atom. The molecule has 0 bridgehead atoms. The fraction of sp³-hybridized carbons (Fsp3) is 0.304. The quantitative estimate of drug-likeness (QED) is 0.447. The van der Waals surface area contributed by atoms with Crippen molar-refractivity contribution in [3.63, 3.8) is 0 Å². The molecule has 33 heavy (non-hydrogen) atoms. The number of morpholine rings is 1. The molecule has 1 aliphatic rings. The van der Waals surface area contributed by atoms with E-state index in [-0.39, 0.29) is 17.1 Å². The van der Waals surface area contributed by atoms with E-state index in [9.17, 15) is 13.2 Å². The van der Waals surface area contributed by atoms with E-state index >= 15 is 0 Å². The molecule has 2 unspecified atom stereocenters. The summed E-state index contributed by atoms with van der Waals surface area (Å²) in [6, 6.07) is 11.8. The number of allylic oxidation sites excluding steroid dienone is 1. The number of benzene rings is 2. The Kier molecular flexibility index (Phi) is 7.01. The summed E-state index contributed by atoms with van der Waals surface area (Å²) in [6.45, 7) is 8.62. The van der Waals surface area contributed by atoms with Crippen molar-refractivity contribution >= 4 is 53.4 Å². The number of sulfonamides is 1. The molecule has 7 nitrogen and oxygen atoms in total. The Morgan fingerprint density at radius 2 is 1.88 bits per heavy atom. The second kappa shape index (κ2) is 9.63. The van der Waals surface area contributed by atoms with Crippen LogP contribution in [0.5, 0.6) is 0 Å². The molecule has 2 atom stereocenters. The summed E-state index contributed by atoms with van der Waals surface area (Å²) in [4.78, 5) is 17.9. The maximum Gasteiger partial charge on any atom is 0.279 e. The zero-order valence-electron chi connectivity index (χ0n) is 18.3. The number of amides is 1. The number of aromatic nitrogens is 1. The summed E-state index contributed by atoms with van der Waals surface area (Å²) in [7, 11) is -3.67. The van der Waals surface area contributed by atoms with Gasteiger partial charge < -0.3 is 9.30 Å². The van der Waals surface area contributed by atoms with Crippen LogP contribution in [0, 0.1) is 0 Å². The van der Waals surface area contributed by atoms with Crippen molar-refractivity contribution in [3.05, 3.63) is 70.0 Å². The highest BCUT2D eigenvalue weighted by molar-refractivity contribution is 9.10. The number of fused-ring (bicyclic) bond motifs is 1. The first-order valence-corrected chi connectivity index (χ1v) is 13.5. The van der Waals surface area contributed by atoms with E-state index in [1.807, 2.05) is 36.6 Å². The lowest BCUT2D eigenvalue weighted by Crippen LogP contribution is -2.48. The molecule has 2 heterocycles. The average Bonchev–Trinajstić information content (AvgIpc) is 3.09. The van der Waals surface area contributed by atoms with Crippen molar-refractivity contribution in [1.29, 1.82) is 0 Å². The third-order valence-electron chi connectivity index (χ3n) is 5.28. The predicted molar refractivity (Wildman–Crippen MR) is 133 cm³/mol. The molecule has 0 N–H and O–H groups in total. The maximum absolute atomic E-state index is 13.0. The minimum absolute atomic E-state index is 0.147. The number of hydrogen-bond donors (Lipinski definition) is 0. The van der Waals surface area contributed by atoms with Gasteiger partial charge in [-0.1, -0.05) is 33.3 Å². The second-order valence-electron chi connectivity index (χ2n) is 7.92. The van der Waals surface area contributed by atoms with Crippen LogP contribution in [0.1, 0.15) is 24.2 Å². The van der Waals surface area contributed by atoms with Gasteiger partial charge in [-0.25, -0.2) is 8.42 Å². The van der Waals surface area contributed by atoms with Gasteiger partial charge in [0.15, 0.2) is 4.80 Å². The first kappa shape index (κ1) is 24.0. The van der Waals surface area contributed by atoms with E-state index in [0.717, 1.165) is 14.7 Å². The highest BCUT2D eigenvalue weighted by Gasteiger charge is 2.32. The highest BCUT2D eigenvalue weighted by atomic mass is 79.9. The molecule has 1 aliphatic heterocycles. The van der Waals surface area contributed by atoms with Crippen LogP contribution in [0.25, 0.3) is 10.2 Å². The SMILES string of the molecule is C=CCn1c(=NC(=O)c2ccc(S(=O)(=O)N3CC(C)OC(C)C3)cc2)sc2cc(Br)ccc21. The Hall–Kier alpha value is -2.11. The smallest absolute Gasteiger partial charge is 0.279 e. The van der Waals surface area contributed by atoms with Crippen molar-refractivity contribution in [3.8, 4) is 0 Å². The van der Waals surface area contributed by atoms with Crippen LogP contribution in [0.2, 0.25) is 0 Å². The number of thiazole rings is 1. The number of rotatable bonds is 5. The monoisotopic (exact) mass is 549 g/mol. The minimum Gasteiger partial charge on any atom is -0.373 e. The zero-order chi connectivity index (χ0) is 23.8. The second-order valence-corrected chi connectivity index (χ2v) is 11.8. The van der Waals surface area contributed by atoms with E-state index in [0.29, 0.717) is 30.0 Å². The van der Waals surface area contributed by atoms with Crippen LogP contribution in [0.4, 0.5) is 0 Å². The van der Waals surface area contributed by atoms with Gasteiger partial charge in [0.2, 0.25) is 10.0 Å². The van der Waals surface area contributed by atoms with Gasteiger partial charge in [-0.2, -0.15) is 9.30 Å². The topological polar surface area (TPSA) is 81.0 Å². The fourth-order valence-corrected chi connectivity index (χ4v) is 7.02. The summed E-state index contributed by atoms with van der Waals surface area (Å²) in [5, 5.41) is 0. The molecule has 2 aromatic carbocycles. The number of halogens is 1. The number of hydrogen-bond acceptors (Lipinski definition) is 5. The molecular formula is C23H24BrN3O4S2. The van der Waals surface area contributed by atoms with Crippen LogP contribution in [-0.2, 0) is 21.3 Å². The van der Waals surface area contributed by atoms with Gasteiger partial charge in [0.05, 0.1) is 27.3 Å². The number of nitrogens with zero attached hydrogens (tertiary/aromatic N) is 3. The van der Waals surface area contributed by atoms with E-state index < -0.39 is 15.9 Å². The molecule has 10 heteroatoms. The van der Waals surface area contributed by atoms with Gasteiger partial charge >= 0.3 is 0 Å². The molecule has 1 aromatic heterocycles. The molecule has 4 rings (SSSR count). The predicted octanol–water partition coefficient (Wildman–Crippen LogP) is 4.19. The third kappa shape index (κ3) is 5.04. The lowest BCUT2D eigenvalue weighted by atomic mass is 10.2.